The van der Waals surface area contributed by atoms with Crippen LogP contribution in [0.1, 0.15) is 38.2 Å². The summed E-state index contributed by atoms with van der Waals surface area (Å²) in [4.78, 5) is 56.8. The number of carbonyl (C=O) groups is 4. The fourth-order valence-electron chi connectivity index (χ4n) is 7.35. The number of nitrogens with zero attached hydrogens (tertiary/aromatic N) is 2. The predicted octanol–water partition coefficient (Wildman–Crippen LogP) is 4.57. The van der Waals surface area contributed by atoms with Crippen molar-refractivity contribution in [2.45, 2.75) is 32.6 Å². The van der Waals surface area contributed by atoms with Gasteiger partial charge in [0.1, 0.15) is 5.82 Å². The number of fused-ring (bicyclic) bond motifs is 4. The second kappa shape index (κ2) is 8.71. The molecule has 0 aromatic heterocycles. The summed E-state index contributed by atoms with van der Waals surface area (Å²) in [6.45, 7) is 3.62. The van der Waals surface area contributed by atoms with Crippen molar-refractivity contribution in [2.24, 2.45) is 29.1 Å². The van der Waals surface area contributed by atoms with Crippen molar-refractivity contribution in [1.82, 2.24) is 4.90 Å². The molecule has 0 radical (unpaired) electrons. The molecular formula is C29H25ClF2N2O5. The van der Waals surface area contributed by atoms with E-state index in [1.807, 2.05) is 6.08 Å². The van der Waals surface area contributed by atoms with E-state index in [0.717, 1.165) is 17.0 Å². The molecule has 2 aromatic rings. The van der Waals surface area contributed by atoms with E-state index in [-0.39, 0.29) is 41.9 Å². The number of amides is 4. The lowest BCUT2D eigenvalue weighted by molar-refractivity contribution is -0.140. The fourth-order valence-corrected chi connectivity index (χ4v) is 7.52. The zero-order chi connectivity index (χ0) is 28.0. The summed E-state index contributed by atoms with van der Waals surface area (Å²) in [7, 11) is 0. The first kappa shape index (κ1) is 25.7. The maximum Gasteiger partial charge on any atom is 0.241 e. The number of allylic oxidation sites excluding steroid dienone is 2. The molecule has 7 nitrogen and oxygen atoms in total. The largest absolute Gasteiger partial charge is 0.505 e. The molecule has 4 aliphatic rings. The van der Waals surface area contributed by atoms with Gasteiger partial charge in [-0.25, -0.2) is 13.7 Å². The van der Waals surface area contributed by atoms with E-state index in [0.29, 0.717) is 11.1 Å². The lowest BCUT2D eigenvalue weighted by atomic mass is 9.51. The Bertz CT molecular complexity index is 1510. The molecular weight excluding hydrogens is 530 g/mol. The molecule has 2 aromatic carbocycles. The lowest BCUT2D eigenvalue weighted by Gasteiger charge is -2.49. The molecule has 3 fully saturated rings. The monoisotopic (exact) mass is 554 g/mol. The Kier molecular flexibility index (Phi) is 5.73. The van der Waals surface area contributed by atoms with Crippen molar-refractivity contribution in [3.63, 3.8) is 0 Å². The van der Waals surface area contributed by atoms with Gasteiger partial charge in [0.15, 0.2) is 11.6 Å². The van der Waals surface area contributed by atoms with E-state index in [4.69, 9.17) is 11.6 Å². The number of likely N-dealkylation sites (tertiary alicyclic amines) is 1. The smallest absolute Gasteiger partial charge is 0.241 e. The highest BCUT2D eigenvalue weighted by Gasteiger charge is 2.67. The van der Waals surface area contributed by atoms with Crippen LogP contribution >= 0.6 is 11.6 Å². The summed E-state index contributed by atoms with van der Waals surface area (Å²) in [5, 5.41) is 9.60. The second-order valence-corrected chi connectivity index (χ2v) is 11.3. The van der Waals surface area contributed by atoms with Crippen molar-refractivity contribution >= 4 is 40.9 Å². The Morgan fingerprint density at radius 3 is 2.41 bits per heavy atom. The molecule has 2 aliphatic carbocycles. The van der Waals surface area contributed by atoms with Crippen LogP contribution in [-0.2, 0) is 19.2 Å². The summed E-state index contributed by atoms with van der Waals surface area (Å²) < 4.78 is 28.6. The molecule has 1 N–H and O–H groups in total. The van der Waals surface area contributed by atoms with Crippen LogP contribution in [-0.4, -0.2) is 40.2 Å². The van der Waals surface area contributed by atoms with E-state index >= 15 is 0 Å². The number of aromatic hydroxyl groups is 1. The fraction of sp³-hybridized carbons (Fsp3) is 0.379. The molecule has 6 rings (SSSR count). The van der Waals surface area contributed by atoms with Crippen molar-refractivity contribution in [1.29, 1.82) is 0 Å². The Morgan fingerprint density at radius 1 is 1.00 bits per heavy atom. The Balaban J connectivity index is 1.53. The van der Waals surface area contributed by atoms with Gasteiger partial charge in [0.25, 0.3) is 0 Å². The number of anilines is 1. The topological polar surface area (TPSA) is 95.0 Å². The van der Waals surface area contributed by atoms with Crippen LogP contribution in [0, 0.1) is 40.7 Å². The first-order chi connectivity index (χ1) is 18.5. The summed E-state index contributed by atoms with van der Waals surface area (Å²) in [6.07, 6.45) is 2.30. The van der Waals surface area contributed by atoms with Gasteiger partial charge >= 0.3 is 0 Å². The van der Waals surface area contributed by atoms with Gasteiger partial charge in [-0.1, -0.05) is 29.3 Å². The lowest BCUT2D eigenvalue weighted by Crippen LogP contribution is -2.48. The van der Waals surface area contributed by atoms with Gasteiger partial charge in [0.2, 0.25) is 23.6 Å². The van der Waals surface area contributed by atoms with Crippen LogP contribution in [0.4, 0.5) is 14.5 Å². The van der Waals surface area contributed by atoms with Crippen LogP contribution in [0.3, 0.4) is 0 Å². The van der Waals surface area contributed by atoms with E-state index in [1.165, 1.54) is 29.2 Å². The third kappa shape index (κ3) is 3.38. The minimum absolute atomic E-state index is 0.113. The Hall–Kier alpha value is -3.59. The van der Waals surface area contributed by atoms with Gasteiger partial charge in [-0.3, -0.25) is 24.1 Å². The van der Waals surface area contributed by atoms with Crippen LogP contribution in [0.5, 0.6) is 5.75 Å². The number of carbonyl (C=O) groups excluding carboxylic acids is 4. The number of imide groups is 2. The standard InChI is InChI=1S/C29H25ClF2N2O5/c1-3-33-25(36)16-7-6-15-17(23(16)27(33)38)12-18-26(37)34(14-5-8-20(31)19(30)11-14)28(39)29(18,2)24(15)13-4-9-22(35)21(32)10-13/h4-6,8-11,16-18,23-24,35H,3,7,12H2,1-2H3. The first-order valence-electron chi connectivity index (χ1n) is 12.9. The molecule has 6 atom stereocenters. The van der Waals surface area contributed by atoms with Crippen LogP contribution in [0.2, 0.25) is 5.02 Å². The number of rotatable bonds is 3. The van der Waals surface area contributed by atoms with Crippen molar-refractivity contribution < 1.29 is 33.1 Å². The number of benzene rings is 2. The molecule has 1 saturated carbocycles. The molecule has 2 aliphatic heterocycles. The molecule has 10 heteroatoms. The number of hydrogen-bond acceptors (Lipinski definition) is 5. The molecule has 2 saturated heterocycles. The minimum Gasteiger partial charge on any atom is -0.505 e. The van der Waals surface area contributed by atoms with Crippen molar-refractivity contribution in [2.75, 3.05) is 11.4 Å². The predicted molar refractivity (Wildman–Crippen MR) is 136 cm³/mol. The van der Waals surface area contributed by atoms with Crippen molar-refractivity contribution in [3.05, 3.63) is 70.3 Å². The zero-order valence-corrected chi connectivity index (χ0v) is 21.9. The van der Waals surface area contributed by atoms with Crippen molar-refractivity contribution in [3.8, 4) is 5.75 Å². The summed E-state index contributed by atoms with van der Waals surface area (Å²) in [6, 6.07) is 7.44. The Labute approximate surface area is 228 Å². The third-order valence-corrected chi connectivity index (χ3v) is 9.44. The number of phenols is 1. The van der Waals surface area contributed by atoms with Gasteiger partial charge in [0.05, 0.1) is 33.9 Å². The summed E-state index contributed by atoms with van der Waals surface area (Å²) in [5.74, 6) is -7.27. The molecule has 2 heterocycles. The number of phenolic OH excluding ortho intramolecular Hbond substituents is 1. The quantitative estimate of drug-likeness (QED) is 0.443. The highest BCUT2D eigenvalue weighted by molar-refractivity contribution is 6.31. The normalized spacial score (nSPS) is 31.8. The van der Waals surface area contributed by atoms with Gasteiger partial charge in [-0.15, -0.1) is 0 Å². The maximum atomic E-state index is 14.7. The van der Waals surface area contributed by atoms with E-state index in [9.17, 15) is 33.1 Å². The van der Waals surface area contributed by atoms with Gasteiger partial charge in [0, 0.05) is 12.5 Å². The van der Waals surface area contributed by atoms with Gasteiger partial charge < -0.3 is 5.11 Å². The third-order valence-electron chi connectivity index (χ3n) is 9.15. The molecule has 0 spiro atoms. The summed E-state index contributed by atoms with van der Waals surface area (Å²) >= 11 is 5.98. The minimum atomic E-state index is -1.38. The van der Waals surface area contributed by atoms with Gasteiger partial charge in [-0.2, -0.15) is 0 Å². The first-order valence-corrected chi connectivity index (χ1v) is 13.3. The average molecular weight is 555 g/mol. The van der Waals surface area contributed by atoms with E-state index in [1.54, 1.807) is 13.8 Å². The Morgan fingerprint density at radius 2 is 1.74 bits per heavy atom. The maximum absolute atomic E-state index is 14.7. The average Bonchev–Trinajstić information content (AvgIpc) is 3.26. The van der Waals surface area contributed by atoms with Crippen LogP contribution in [0.15, 0.2) is 48.0 Å². The number of hydrogen-bond donors (Lipinski definition) is 1. The van der Waals surface area contributed by atoms with Gasteiger partial charge in [-0.05, 0) is 68.5 Å². The highest BCUT2D eigenvalue weighted by atomic mass is 35.5. The van der Waals surface area contributed by atoms with Crippen LogP contribution < -0.4 is 4.90 Å². The molecule has 6 unspecified atom stereocenters. The molecule has 202 valence electrons. The second-order valence-electron chi connectivity index (χ2n) is 10.9. The zero-order valence-electron chi connectivity index (χ0n) is 21.2. The SMILES string of the molecule is CCN1C(=O)C2CC=C3C(CC4C(=O)N(c5ccc(F)c(Cl)c5)C(=O)C4(C)C3c3ccc(O)c(F)c3)C2C1=O. The molecule has 39 heavy (non-hydrogen) atoms. The van der Waals surface area contributed by atoms with E-state index in [2.05, 4.69) is 0 Å². The summed E-state index contributed by atoms with van der Waals surface area (Å²) in [5.41, 5.74) is -0.190. The van der Waals surface area contributed by atoms with Crippen LogP contribution in [0.25, 0.3) is 0 Å². The highest BCUT2D eigenvalue weighted by Crippen LogP contribution is 2.63. The number of halogens is 3. The molecule has 4 amide bonds. The molecule has 0 bridgehead atoms. The van der Waals surface area contributed by atoms with E-state index < -0.39 is 64.2 Å².